The molecular weight excluding hydrogens is 268 g/mol. The maximum Gasteiger partial charge on any atom is 0.254 e. The zero-order valence-electron chi connectivity index (χ0n) is 12.0. The number of carbonyl (C=O) groups is 1. The predicted molar refractivity (Wildman–Crippen MR) is 80.1 cm³/mol. The highest BCUT2D eigenvalue weighted by Gasteiger charge is 2.11. The molecule has 0 radical (unpaired) electrons. The smallest absolute Gasteiger partial charge is 0.254 e. The lowest BCUT2D eigenvalue weighted by Gasteiger charge is -2.28. The highest BCUT2D eigenvalue weighted by Crippen LogP contribution is 2.16. The SMILES string of the molecule is C/C(=N\NC(=O)CC#N)c1ccc(N2CCOCC2)cc1. The van der Waals surface area contributed by atoms with Crippen molar-refractivity contribution in [2.75, 3.05) is 31.2 Å². The summed E-state index contributed by atoms with van der Waals surface area (Å²) in [6.45, 7) is 5.13. The topological polar surface area (TPSA) is 77.7 Å². The van der Waals surface area contributed by atoms with Crippen LogP contribution in [0, 0.1) is 11.3 Å². The highest BCUT2D eigenvalue weighted by molar-refractivity contribution is 5.99. The second-order valence-corrected chi connectivity index (χ2v) is 4.71. The Morgan fingerprint density at radius 1 is 1.38 bits per heavy atom. The molecule has 1 fully saturated rings. The van der Waals surface area contributed by atoms with Gasteiger partial charge in [0.1, 0.15) is 6.42 Å². The summed E-state index contributed by atoms with van der Waals surface area (Å²) in [7, 11) is 0. The summed E-state index contributed by atoms with van der Waals surface area (Å²) in [4.78, 5) is 13.5. The normalized spacial score (nSPS) is 15.4. The Morgan fingerprint density at radius 2 is 2.05 bits per heavy atom. The van der Waals surface area contributed by atoms with Crippen molar-refractivity contribution in [1.29, 1.82) is 5.26 Å². The zero-order valence-corrected chi connectivity index (χ0v) is 12.0. The number of amides is 1. The predicted octanol–water partition coefficient (Wildman–Crippen LogP) is 1.28. The molecule has 1 aromatic rings. The Hall–Kier alpha value is -2.39. The van der Waals surface area contributed by atoms with Gasteiger partial charge in [-0.3, -0.25) is 4.79 Å². The molecule has 0 aliphatic carbocycles. The van der Waals surface area contributed by atoms with Crippen LogP contribution in [0.15, 0.2) is 29.4 Å². The first-order chi connectivity index (χ1) is 10.2. The number of hydrogen-bond donors (Lipinski definition) is 1. The van der Waals surface area contributed by atoms with Gasteiger partial charge in [-0.25, -0.2) is 5.43 Å². The first kappa shape index (κ1) is 15.0. The van der Waals surface area contributed by atoms with E-state index in [1.165, 1.54) is 0 Å². The Morgan fingerprint density at radius 3 is 2.67 bits per heavy atom. The van der Waals surface area contributed by atoms with E-state index in [4.69, 9.17) is 10.00 Å². The fourth-order valence-corrected chi connectivity index (χ4v) is 2.06. The molecule has 2 rings (SSSR count). The fourth-order valence-electron chi connectivity index (χ4n) is 2.06. The van der Waals surface area contributed by atoms with E-state index in [0.717, 1.165) is 37.6 Å². The molecule has 0 saturated carbocycles. The molecule has 0 aromatic heterocycles. The van der Waals surface area contributed by atoms with Crippen molar-refractivity contribution in [2.45, 2.75) is 13.3 Å². The number of ether oxygens (including phenoxy) is 1. The van der Waals surface area contributed by atoms with Crippen LogP contribution in [-0.2, 0) is 9.53 Å². The van der Waals surface area contributed by atoms with Gasteiger partial charge in [0.15, 0.2) is 0 Å². The van der Waals surface area contributed by atoms with Crippen LogP contribution in [0.25, 0.3) is 0 Å². The minimum Gasteiger partial charge on any atom is -0.378 e. The van der Waals surface area contributed by atoms with Crippen LogP contribution in [0.2, 0.25) is 0 Å². The lowest BCUT2D eigenvalue weighted by molar-refractivity contribution is -0.120. The number of morpholine rings is 1. The van der Waals surface area contributed by atoms with Crippen LogP contribution >= 0.6 is 0 Å². The molecule has 0 spiro atoms. The van der Waals surface area contributed by atoms with Crippen LogP contribution < -0.4 is 10.3 Å². The van der Waals surface area contributed by atoms with E-state index >= 15 is 0 Å². The van der Waals surface area contributed by atoms with Crippen molar-refractivity contribution in [3.8, 4) is 6.07 Å². The van der Waals surface area contributed by atoms with Crippen molar-refractivity contribution >= 4 is 17.3 Å². The van der Waals surface area contributed by atoms with Gasteiger partial charge in [-0.15, -0.1) is 0 Å². The van der Waals surface area contributed by atoms with Crippen LogP contribution in [0.5, 0.6) is 0 Å². The summed E-state index contributed by atoms with van der Waals surface area (Å²) in [6.07, 6.45) is -0.188. The molecule has 1 amide bonds. The van der Waals surface area contributed by atoms with E-state index in [2.05, 4.69) is 15.4 Å². The number of hydrazone groups is 1. The minimum absolute atomic E-state index is 0.188. The third-order valence-electron chi connectivity index (χ3n) is 3.25. The Labute approximate surface area is 124 Å². The fraction of sp³-hybridized carbons (Fsp3) is 0.400. The molecule has 1 aromatic carbocycles. The molecule has 1 aliphatic rings. The average molecular weight is 286 g/mol. The van der Waals surface area contributed by atoms with Crippen LogP contribution in [0.4, 0.5) is 5.69 Å². The van der Waals surface area contributed by atoms with Crippen LogP contribution in [0.1, 0.15) is 18.9 Å². The standard InChI is InChI=1S/C15H18N4O2/c1-12(17-18-15(20)6-7-16)13-2-4-14(5-3-13)19-8-10-21-11-9-19/h2-5H,6,8-11H2,1H3,(H,18,20)/b17-12+. The van der Waals surface area contributed by atoms with Gasteiger partial charge in [-0.1, -0.05) is 12.1 Å². The van der Waals surface area contributed by atoms with E-state index in [0.29, 0.717) is 5.71 Å². The van der Waals surface area contributed by atoms with Gasteiger partial charge in [-0.2, -0.15) is 10.4 Å². The average Bonchev–Trinajstić information content (AvgIpc) is 2.54. The second-order valence-electron chi connectivity index (χ2n) is 4.71. The van der Waals surface area contributed by atoms with Gasteiger partial charge >= 0.3 is 0 Å². The Balaban J connectivity index is 1.99. The van der Waals surface area contributed by atoms with Gasteiger partial charge in [-0.05, 0) is 24.6 Å². The van der Waals surface area contributed by atoms with Crippen molar-refractivity contribution in [2.24, 2.45) is 5.10 Å². The van der Waals surface area contributed by atoms with Crippen molar-refractivity contribution in [3.05, 3.63) is 29.8 Å². The minimum atomic E-state index is -0.401. The van der Waals surface area contributed by atoms with Gasteiger partial charge < -0.3 is 9.64 Å². The molecule has 110 valence electrons. The van der Waals surface area contributed by atoms with E-state index in [1.807, 2.05) is 31.2 Å². The second kappa shape index (κ2) is 7.41. The zero-order chi connectivity index (χ0) is 15.1. The summed E-state index contributed by atoms with van der Waals surface area (Å²) in [5.74, 6) is -0.401. The number of nitrogens with zero attached hydrogens (tertiary/aromatic N) is 3. The Bertz CT molecular complexity index is 554. The van der Waals surface area contributed by atoms with Gasteiger partial charge in [0.25, 0.3) is 5.91 Å². The number of anilines is 1. The lowest BCUT2D eigenvalue weighted by Crippen LogP contribution is -2.36. The molecule has 21 heavy (non-hydrogen) atoms. The number of benzene rings is 1. The quantitative estimate of drug-likeness (QED) is 0.668. The third-order valence-corrected chi connectivity index (χ3v) is 3.25. The molecule has 0 atom stereocenters. The lowest BCUT2D eigenvalue weighted by atomic mass is 10.1. The van der Waals surface area contributed by atoms with Crippen molar-refractivity contribution in [3.63, 3.8) is 0 Å². The van der Waals surface area contributed by atoms with Crippen molar-refractivity contribution in [1.82, 2.24) is 5.43 Å². The van der Waals surface area contributed by atoms with E-state index in [-0.39, 0.29) is 6.42 Å². The Kier molecular flexibility index (Phi) is 5.29. The molecule has 6 nitrogen and oxygen atoms in total. The maximum absolute atomic E-state index is 11.2. The molecule has 1 saturated heterocycles. The number of nitriles is 1. The number of carbonyl (C=O) groups excluding carboxylic acids is 1. The summed E-state index contributed by atoms with van der Waals surface area (Å²) in [5.41, 5.74) is 5.15. The summed E-state index contributed by atoms with van der Waals surface area (Å²) >= 11 is 0. The molecule has 1 aliphatic heterocycles. The van der Waals surface area contributed by atoms with Gasteiger partial charge in [0.05, 0.1) is 25.0 Å². The summed E-state index contributed by atoms with van der Waals surface area (Å²) < 4.78 is 5.33. The van der Waals surface area contributed by atoms with Crippen LogP contribution in [0.3, 0.4) is 0 Å². The monoisotopic (exact) mass is 286 g/mol. The number of nitrogens with one attached hydrogen (secondary N) is 1. The highest BCUT2D eigenvalue weighted by atomic mass is 16.5. The van der Waals surface area contributed by atoms with Gasteiger partial charge in [0, 0.05) is 18.8 Å². The third kappa shape index (κ3) is 4.29. The summed E-state index contributed by atoms with van der Waals surface area (Å²) in [6, 6.07) is 9.80. The van der Waals surface area contributed by atoms with E-state index < -0.39 is 5.91 Å². The molecule has 0 unspecified atom stereocenters. The molecular formula is C15H18N4O2. The van der Waals surface area contributed by atoms with E-state index in [1.54, 1.807) is 6.07 Å². The summed E-state index contributed by atoms with van der Waals surface area (Å²) in [5, 5.41) is 12.4. The first-order valence-corrected chi connectivity index (χ1v) is 6.84. The van der Waals surface area contributed by atoms with Crippen LogP contribution in [-0.4, -0.2) is 37.9 Å². The molecule has 1 N–H and O–H groups in total. The van der Waals surface area contributed by atoms with Crippen molar-refractivity contribution < 1.29 is 9.53 Å². The number of hydrogen-bond acceptors (Lipinski definition) is 5. The van der Waals surface area contributed by atoms with E-state index in [9.17, 15) is 4.79 Å². The first-order valence-electron chi connectivity index (χ1n) is 6.84. The molecule has 1 heterocycles. The maximum atomic E-state index is 11.2. The largest absolute Gasteiger partial charge is 0.378 e. The van der Waals surface area contributed by atoms with Gasteiger partial charge in [0.2, 0.25) is 0 Å². The number of rotatable bonds is 4. The molecule has 6 heteroatoms. The molecule has 0 bridgehead atoms.